The van der Waals surface area contributed by atoms with Gasteiger partial charge in [-0.05, 0) is 57.2 Å². The standard InChI is InChI=1S/C26H38Cl2O2/c1-21-13-14-23-24(19-21)25(29-17-11-7-3-5-9-15-27)20-22(2)26(23)30-18-12-8-4-6-10-16-28/h13-14,19-20H,3-12,15-18H2,1-2H3. The monoisotopic (exact) mass is 452 g/mol. The number of alkyl halides is 2. The molecule has 0 unspecified atom stereocenters. The summed E-state index contributed by atoms with van der Waals surface area (Å²) in [4.78, 5) is 0. The van der Waals surface area contributed by atoms with Gasteiger partial charge < -0.3 is 9.47 Å². The smallest absolute Gasteiger partial charge is 0.130 e. The number of hydrogen-bond acceptors (Lipinski definition) is 2. The van der Waals surface area contributed by atoms with Crippen molar-refractivity contribution in [2.75, 3.05) is 25.0 Å². The molecule has 0 aliphatic carbocycles. The lowest BCUT2D eigenvalue weighted by atomic mass is 10.0. The Hall–Kier alpha value is -1.12. The quantitative estimate of drug-likeness (QED) is 0.187. The summed E-state index contributed by atoms with van der Waals surface area (Å²) in [5.74, 6) is 3.51. The van der Waals surface area contributed by atoms with Crippen molar-refractivity contribution in [1.82, 2.24) is 0 Å². The first-order valence-corrected chi connectivity index (χ1v) is 12.7. The van der Waals surface area contributed by atoms with Gasteiger partial charge >= 0.3 is 0 Å². The van der Waals surface area contributed by atoms with Gasteiger partial charge in [0.05, 0.1) is 13.2 Å². The summed E-state index contributed by atoms with van der Waals surface area (Å²) in [6, 6.07) is 8.68. The number of benzene rings is 2. The molecule has 0 radical (unpaired) electrons. The molecule has 4 heteroatoms. The van der Waals surface area contributed by atoms with E-state index in [4.69, 9.17) is 32.7 Å². The van der Waals surface area contributed by atoms with E-state index in [9.17, 15) is 0 Å². The van der Waals surface area contributed by atoms with Crippen LogP contribution < -0.4 is 9.47 Å². The van der Waals surface area contributed by atoms with E-state index in [1.807, 2.05) is 0 Å². The topological polar surface area (TPSA) is 18.5 Å². The molecule has 2 aromatic carbocycles. The van der Waals surface area contributed by atoms with Crippen LogP contribution in [0, 0.1) is 13.8 Å². The molecule has 0 spiro atoms. The van der Waals surface area contributed by atoms with E-state index < -0.39 is 0 Å². The molecule has 0 heterocycles. The molecular formula is C26H38Cl2O2. The van der Waals surface area contributed by atoms with Crippen molar-refractivity contribution in [3.8, 4) is 11.5 Å². The highest BCUT2D eigenvalue weighted by molar-refractivity contribution is 6.18. The van der Waals surface area contributed by atoms with E-state index in [1.165, 1.54) is 44.1 Å². The Morgan fingerprint density at radius 1 is 0.633 bits per heavy atom. The summed E-state index contributed by atoms with van der Waals surface area (Å²) in [6.07, 6.45) is 11.7. The second-order valence-corrected chi connectivity index (χ2v) is 8.94. The molecule has 168 valence electrons. The minimum atomic E-state index is 0.756. The Balaban J connectivity index is 1.96. The van der Waals surface area contributed by atoms with Gasteiger partial charge in [0.25, 0.3) is 0 Å². The van der Waals surface area contributed by atoms with Gasteiger partial charge in [-0.2, -0.15) is 0 Å². The van der Waals surface area contributed by atoms with E-state index in [2.05, 4.69) is 38.1 Å². The first-order chi connectivity index (χ1) is 14.7. The van der Waals surface area contributed by atoms with Crippen LogP contribution in [0.4, 0.5) is 0 Å². The van der Waals surface area contributed by atoms with Gasteiger partial charge in [0.15, 0.2) is 0 Å². The van der Waals surface area contributed by atoms with Crippen molar-refractivity contribution < 1.29 is 9.47 Å². The summed E-state index contributed by atoms with van der Waals surface area (Å²) in [6.45, 7) is 5.76. The SMILES string of the molecule is Cc1ccc2c(OCCCCCCCCl)c(C)cc(OCCCCCCCCl)c2c1. The molecule has 2 aromatic rings. The van der Waals surface area contributed by atoms with Crippen molar-refractivity contribution in [3.63, 3.8) is 0 Å². The number of halogens is 2. The Morgan fingerprint density at radius 3 is 1.83 bits per heavy atom. The molecule has 0 aliphatic heterocycles. The summed E-state index contributed by atoms with van der Waals surface area (Å²) in [5, 5.41) is 2.31. The third-order valence-electron chi connectivity index (χ3n) is 5.45. The van der Waals surface area contributed by atoms with E-state index in [0.29, 0.717) is 0 Å². The molecular weight excluding hydrogens is 415 g/mol. The van der Waals surface area contributed by atoms with Crippen LogP contribution in [0.2, 0.25) is 0 Å². The summed E-state index contributed by atoms with van der Waals surface area (Å²) >= 11 is 11.5. The van der Waals surface area contributed by atoms with Crippen LogP contribution in [0.15, 0.2) is 24.3 Å². The summed E-state index contributed by atoms with van der Waals surface area (Å²) < 4.78 is 12.4. The third kappa shape index (κ3) is 8.55. The van der Waals surface area contributed by atoms with Gasteiger partial charge in [-0.15, -0.1) is 23.2 Å². The Kier molecular flexibility index (Phi) is 12.4. The predicted octanol–water partition coefficient (Wildman–Crippen LogP) is 8.59. The van der Waals surface area contributed by atoms with Gasteiger partial charge in [-0.3, -0.25) is 0 Å². The van der Waals surface area contributed by atoms with E-state index in [1.54, 1.807) is 0 Å². The fourth-order valence-electron chi connectivity index (χ4n) is 3.73. The maximum atomic E-state index is 6.24. The van der Waals surface area contributed by atoms with Crippen molar-refractivity contribution >= 4 is 34.0 Å². The van der Waals surface area contributed by atoms with Crippen LogP contribution >= 0.6 is 23.2 Å². The van der Waals surface area contributed by atoms with E-state index in [-0.39, 0.29) is 0 Å². The van der Waals surface area contributed by atoms with Crippen LogP contribution in [0.5, 0.6) is 11.5 Å². The maximum absolute atomic E-state index is 6.24. The molecule has 2 rings (SSSR count). The molecule has 0 N–H and O–H groups in total. The van der Waals surface area contributed by atoms with Crippen molar-refractivity contribution in [1.29, 1.82) is 0 Å². The number of rotatable bonds is 16. The van der Waals surface area contributed by atoms with Crippen LogP contribution in [0.3, 0.4) is 0 Å². The van der Waals surface area contributed by atoms with Crippen molar-refractivity contribution in [2.45, 2.75) is 78.1 Å². The molecule has 0 saturated heterocycles. The number of unbranched alkanes of at least 4 members (excludes halogenated alkanes) is 8. The first-order valence-electron chi connectivity index (χ1n) is 11.6. The molecule has 0 bridgehead atoms. The minimum Gasteiger partial charge on any atom is -0.493 e. The van der Waals surface area contributed by atoms with E-state index in [0.717, 1.165) is 78.5 Å². The molecule has 30 heavy (non-hydrogen) atoms. The Labute approximate surface area is 193 Å². The molecule has 2 nitrogen and oxygen atoms in total. The second-order valence-electron chi connectivity index (χ2n) is 8.18. The van der Waals surface area contributed by atoms with Crippen LogP contribution in [0.1, 0.15) is 75.3 Å². The highest BCUT2D eigenvalue weighted by Gasteiger charge is 2.12. The van der Waals surface area contributed by atoms with Gasteiger partial charge in [0, 0.05) is 22.5 Å². The first kappa shape index (κ1) is 25.1. The lowest BCUT2D eigenvalue weighted by Crippen LogP contribution is -2.03. The molecule has 0 saturated carbocycles. The van der Waals surface area contributed by atoms with Crippen LogP contribution in [-0.2, 0) is 0 Å². The van der Waals surface area contributed by atoms with Crippen LogP contribution in [-0.4, -0.2) is 25.0 Å². The fraction of sp³-hybridized carbons (Fsp3) is 0.615. The molecule has 0 fully saturated rings. The summed E-state index contributed by atoms with van der Waals surface area (Å²) in [7, 11) is 0. The number of aryl methyl sites for hydroxylation is 2. The van der Waals surface area contributed by atoms with Crippen molar-refractivity contribution in [2.24, 2.45) is 0 Å². The number of ether oxygens (including phenoxy) is 2. The van der Waals surface area contributed by atoms with Gasteiger partial charge in [-0.1, -0.05) is 56.2 Å². The van der Waals surface area contributed by atoms with Gasteiger partial charge in [0.2, 0.25) is 0 Å². The van der Waals surface area contributed by atoms with Gasteiger partial charge in [0.1, 0.15) is 11.5 Å². The summed E-state index contributed by atoms with van der Waals surface area (Å²) in [5.41, 5.74) is 2.38. The average Bonchev–Trinajstić information content (AvgIpc) is 2.74. The predicted molar refractivity (Wildman–Crippen MR) is 132 cm³/mol. The van der Waals surface area contributed by atoms with Gasteiger partial charge in [-0.25, -0.2) is 0 Å². The fourth-order valence-corrected chi connectivity index (χ4v) is 4.11. The zero-order valence-corrected chi connectivity index (χ0v) is 20.3. The zero-order chi connectivity index (χ0) is 21.6. The van der Waals surface area contributed by atoms with Crippen molar-refractivity contribution in [3.05, 3.63) is 35.4 Å². The van der Waals surface area contributed by atoms with E-state index >= 15 is 0 Å². The lowest BCUT2D eigenvalue weighted by Gasteiger charge is -2.17. The molecule has 0 aliphatic rings. The maximum Gasteiger partial charge on any atom is 0.130 e. The highest BCUT2D eigenvalue weighted by atomic mass is 35.5. The Bertz CT molecular complexity index is 745. The Morgan fingerprint density at radius 2 is 1.20 bits per heavy atom. The molecule has 0 atom stereocenters. The molecule has 0 aromatic heterocycles. The number of hydrogen-bond donors (Lipinski definition) is 0. The van der Waals surface area contributed by atoms with Crippen LogP contribution in [0.25, 0.3) is 10.8 Å². The largest absolute Gasteiger partial charge is 0.493 e. The third-order valence-corrected chi connectivity index (χ3v) is 5.99. The lowest BCUT2D eigenvalue weighted by molar-refractivity contribution is 0.300. The minimum absolute atomic E-state index is 0.756. The molecule has 0 amide bonds. The normalized spacial score (nSPS) is 11.2. The zero-order valence-electron chi connectivity index (χ0n) is 18.8. The second kappa shape index (κ2) is 14.8. The highest BCUT2D eigenvalue weighted by Crippen LogP contribution is 2.37. The average molecular weight is 453 g/mol. The number of fused-ring (bicyclic) bond motifs is 1.